The van der Waals surface area contributed by atoms with Gasteiger partial charge in [0.05, 0.1) is 6.10 Å². The summed E-state index contributed by atoms with van der Waals surface area (Å²) in [5.41, 5.74) is 0.350. The van der Waals surface area contributed by atoms with Crippen molar-refractivity contribution in [1.29, 1.82) is 0 Å². The standard InChI is InChI=1S/C9H14ClN3O2/c1-11-3-2-7(14)8(15)6-4-12-5-13-9(6)10/h4-5,7-8,11,14-15H,2-3H2,1H3. The van der Waals surface area contributed by atoms with E-state index in [4.69, 9.17) is 11.6 Å². The van der Waals surface area contributed by atoms with Gasteiger partial charge in [-0.05, 0) is 20.0 Å². The van der Waals surface area contributed by atoms with Crippen LogP contribution in [0, 0.1) is 0 Å². The molecule has 2 atom stereocenters. The van der Waals surface area contributed by atoms with Crippen molar-refractivity contribution in [3.05, 3.63) is 23.2 Å². The maximum absolute atomic E-state index is 9.75. The molecular weight excluding hydrogens is 218 g/mol. The average molecular weight is 232 g/mol. The minimum Gasteiger partial charge on any atom is -0.390 e. The number of nitrogens with one attached hydrogen (secondary N) is 1. The van der Waals surface area contributed by atoms with Gasteiger partial charge >= 0.3 is 0 Å². The highest BCUT2D eigenvalue weighted by Crippen LogP contribution is 2.23. The molecule has 2 unspecified atom stereocenters. The van der Waals surface area contributed by atoms with Gasteiger partial charge in [0.15, 0.2) is 0 Å². The second-order valence-corrected chi connectivity index (χ2v) is 3.53. The van der Waals surface area contributed by atoms with Crippen LogP contribution in [0.15, 0.2) is 12.5 Å². The van der Waals surface area contributed by atoms with Crippen LogP contribution in [0.25, 0.3) is 0 Å². The molecule has 84 valence electrons. The second-order valence-electron chi connectivity index (χ2n) is 3.17. The third-order valence-corrected chi connectivity index (χ3v) is 2.38. The van der Waals surface area contributed by atoms with E-state index in [0.29, 0.717) is 18.5 Å². The van der Waals surface area contributed by atoms with Crippen LogP contribution < -0.4 is 5.32 Å². The SMILES string of the molecule is CNCCC(O)C(O)c1cncnc1Cl. The van der Waals surface area contributed by atoms with Crippen molar-refractivity contribution in [2.24, 2.45) is 0 Å². The van der Waals surface area contributed by atoms with Crippen molar-refractivity contribution in [2.45, 2.75) is 18.6 Å². The number of aromatic nitrogens is 2. The van der Waals surface area contributed by atoms with Crippen molar-refractivity contribution in [2.75, 3.05) is 13.6 Å². The molecule has 0 aliphatic carbocycles. The number of hydrogen-bond donors (Lipinski definition) is 3. The second kappa shape index (κ2) is 5.97. The quantitative estimate of drug-likeness (QED) is 0.628. The predicted octanol–water partition coefficient (Wildman–Crippen LogP) is 0.134. The molecule has 1 aromatic rings. The lowest BCUT2D eigenvalue weighted by molar-refractivity contribution is 0.0137. The summed E-state index contributed by atoms with van der Waals surface area (Å²) in [7, 11) is 1.78. The Morgan fingerprint density at radius 3 is 2.87 bits per heavy atom. The lowest BCUT2D eigenvalue weighted by atomic mass is 10.1. The number of aliphatic hydroxyl groups is 2. The zero-order chi connectivity index (χ0) is 11.3. The van der Waals surface area contributed by atoms with Gasteiger partial charge in [-0.15, -0.1) is 0 Å². The minimum atomic E-state index is -1.05. The molecule has 3 N–H and O–H groups in total. The van der Waals surface area contributed by atoms with Gasteiger partial charge in [0, 0.05) is 11.8 Å². The third kappa shape index (κ3) is 3.39. The van der Waals surface area contributed by atoms with Gasteiger partial charge in [0.1, 0.15) is 17.6 Å². The fourth-order valence-corrected chi connectivity index (χ4v) is 1.39. The Hall–Kier alpha value is -0.750. The molecule has 0 fully saturated rings. The van der Waals surface area contributed by atoms with E-state index in [1.807, 2.05) is 0 Å². The first-order chi connectivity index (χ1) is 7.16. The van der Waals surface area contributed by atoms with Crippen molar-refractivity contribution in [3.8, 4) is 0 Å². The highest BCUT2D eigenvalue weighted by molar-refractivity contribution is 6.30. The molecule has 6 heteroatoms. The zero-order valence-electron chi connectivity index (χ0n) is 8.39. The van der Waals surface area contributed by atoms with Gasteiger partial charge in [-0.2, -0.15) is 0 Å². The molecule has 15 heavy (non-hydrogen) atoms. The van der Waals surface area contributed by atoms with Crippen molar-refractivity contribution in [1.82, 2.24) is 15.3 Å². The van der Waals surface area contributed by atoms with E-state index in [0.717, 1.165) is 0 Å². The number of aliphatic hydroxyl groups excluding tert-OH is 2. The van der Waals surface area contributed by atoms with Gasteiger partial charge in [0.2, 0.25) is 0 Å². The summed E-state index contributed by atoms with van der Waals surface area (Å²) < 4.78 is 0. The molecule has 1 heterocycles. The van der Waals surface area contributed by atoms with Gasteiger partial charge in [-0.25, -0.2) is 9.97 Å². The van der Waals surface area contributed by atoms with Crippen molar-refractivity contribution in [3.63, 3.8) is 0 Å². The molecule has 5 nitrogen and oxygen atoms in total. The monoisotopic (exact) mass is 231 g/mol. The summed E-state index contributed by atoms with van der Waals surface area (Å²) in [6.07, 6.45) is 1.21. The number of halogens is 1. The molecule has 0 saturated carbocycles. The normalized spacial score (nSPS) is 14.9. The Labute approximate surface area is 93.1 Å². The van der Waals surface area contributed by atoms with Crippen LogP contribution in [0.5, 0.6) is 0 Å². The maximum Gasteiger partial charge on any atom is 0.138 e. The third-order valence-electron chi connectivity index (χ3n) is 2.06. The molecule has 0 radical (unpaired) electrons. The van der Waals surface area contributed by atoms with Crippen LogP contribution in [-0.2, 0) is 0 Å². The zero-order valence-corrected chi connectivity index (χ0v) is 9.15. The summed E-state index contributed by atoms with van der Waals surface area (Å²) in [5.74, 6) is 0. The molecule has 0 saturated heterocycles. The fraction of sp³-hybridized carbons (Fsp3) is 0.556. The minimum absolute atomic E-state index is 0.168. The molecule has 1 aromatic heterocycles. The van der Waals surface area contributed by atoms with Crippen LogP contribution in [0.3, 0.4) is 0 Å². The Balaban J connectivity index is 2.67. The van der Waals surface area contributed by atoms with Crippen molar-refractivity contribution >= 4 is 11.6 Å². The summed E-state index contributed by atoms with van der Waals surface area (Å²) in [6.45, 7) is 0.615. The number of rotatable bonds is 5. The van der Waals surface area contributed by atoms with Gasteiger partial charge in [-0.3, -0.25) is 0 Å². The topological polar surface area (TPSA) is 78.3 Å². The Morgan fingerprint density at radius 2 is 2.27 bits per heavy atom. The summed E-state index contributed by atoms with van der Waals surface area (Å²) >= 11 is 5.76. The van der Waals surface area contributed by atoms with E-state index >= 15 is 0 Å². The molecule has 0 spiro atoms. The number of nitrogens with zero attached hydrogens (tertiary/aromatic N) is 2. The molecule has 0 aliphatic heterocycles. The number of hydrogen-bond acceptors (Lipinski definition) is 5. The summed E-state index contributed by atoms with van der Waals surface area (Å²) in [5, 5.41) is 22.4. The van der Waals surface area contributed by atoms with Gasteiger partial charge < -0.3 is 15.5 Å². The summed E-state index contributed by atoms with van der Waals surface area (Å²) in [4.78, 5) is 7.48. The van der Waals surface area contributed by atoms with Crippen LogP contribution in [-0.4, -0.2) is 39.9 Å². The molecule has 0 amide bonds. The van der Waals surface area contributed by atoms with Crippen molar-refractivity contribution < 1.29 is 10.2 Å². The van der Waals surface area contributed by atoms with Gasteiger partial charge in [0.25, 0.3) is 0 Å². The van der Waals surface area contributed by atoms with E-state index in [9.17, 15) is 10.2 Å². The predicted molar refractivity (Wildman–Crippen MR) is 56.6 cm³/mol. The van der Waals surface area contributed by atoms with E-state index < -0.39 is 12.2 Å². The van der Waals surface area contributed by atoms with Crippen LogP contribution in [0.4, 0.5) is 0 Å². The van der Waals surface area contributed by atoms with E-state index in [2.05, 4.69) is 15.3 Å². The highest BCUT2D eigenvalue weighted by Gasteiger charge is 2.20. The Morgan fingerprint density at radius 1 is 1.53 bits per heavy atom. The maximum atomic E-state index is 9.75. The highest BCUT2D eigenvalue weighted by atomic mass is 35.5. The molecule has 1 rings (SSSR count). The molecule has 0 aromatic carbocycles. The molecule has 0 aliphatic rings. The largest absolute Gasteiger partial charge is 0.390 e. The van der Waals surface area contributed by atoms with Crippen LogP contribution in [0.1, 0.15) is 18.1 Å². The first kappa shape index (κ1) is 12.3. The average Bonchev–Trinajstić information content (AvgIpc) is 2.25. The first-order valence-corrected chi connectivity index (χ1v) is 5.00. The molecule has 0 bridgehead atoms. The fourth-order valence-electron chi connectivity index (χ4n) is 1.18. The Bertz CT molecular complexity index is 311. The lowest BCUT2D eigenvalue weighted by Crippen LogP contribution is -2.23. The van der Waals surface area contributed by atoms with E-state index in [-0.39, 0.29) is 5.15 Å². The Kier molecular flexibility index (Phi) is 4.90. The lowest BCUT2D eigenvalue weighted by Gasteiger charge is -2.17. The smallest absolute Gasteiger partial charge is 0.138 e. The summed E-state index contributed by atoms with van der Waals surface area (Å²) in [6, 6.07) is 0. The first-order valence-electron chi connectivity index (χ1n) is 4.63. The van der Waals surface area contributed by atoms with E-state index in [1.54, 1.807) is 7.05 Å². The van der Waals surface area contributed by atoms with Crippen LogP contribution in [0.2, 0.25) is 5.15 Å². The van der Waals surface area contributed by atoms with E-state index in [1.165, 1.54) is 12.5 Å². The van der Waals surface area contributed by atoms with Gasteiger partial charge in [-0.1, -0.05) is 11.6 Å². The van der Waals surface area contributed by atoms with Crippen LogP contribution >= 0.6 is 11.6 Å². The molecular formula is C9H14ClN3O2.